The Morgan fingerprint density at radius 2 is 1.12 bits per heavy atom. The van der Waals surface area contributed by atoms with E-state index >= 15 is 0 Å². The van der Waals surface area contributed by atoms with Crippen LogP contribution >= 0.6 is 0 Å². The summed E-state index contributed by atoms with van der Waals surface area (Å²) < 4.78 is 0. The molecule has 0 saturated carbocycles. The lowest BCUT2D eigenvalue weighted by Crippen LogP contribution is -2.03. The van der Waals surface area contributed by atoms with Gasteiger partial charge in [-0.05, 0) is 83.7 Å². The number of hydrogen-bond donors (Lipinski definition) is 0. The lowest BCUT2D eigenvalue weighted by molar-refractivity contribution is 1.27. The highest BCUT2D eigenvalue weighted by atomic mass is 14.8. The molecule has 0 radical (unpaired) electrons. The van der Waals surface area contributed by atoms with Crippen LogP contribution in [0.15, 0.2) is 64.6 Å². The molecule has 0 bridgehead atoms. The number of para-hydroxylation sites is 1. The molecule has 172 valence electrons. The number of aliphatic imine (C=N–C) groups is 2. The van der Waals surface area contributed by atoms with Crippen LogP contribution < -0.4 is 0 Å². The molecule has 1 heterocycles. The van der Waals surface area contributed by atoms with E-state index in [1.807, 2.05) is 6.92 Å². The number of pyridine rings is 1. The molecule has 3 aromatic carbocycles. The molecule has 0 aliphatic rings. The molecule has 0 spiro atoms. The van der Waals surface area contributed by atoms with Crippen molar-refractivity contribution in [1.82, 2.24) is 4.98 Å². The molecule has 0 fully saturated rings. The molecule has 4 aromatic rings. The Morgan fingerprint density at radius 3 is 1.65 bits per heavy atom. The van der Waals surface area contributed by atoms with Crippen molar-refractivity contribution in [2.24, 2.45) is 9.98 Å². The zero-order valence-electron chi connectivity index (χ0n) is 21.5. The van der Waals surface area contributed by atoms with E-state index in [1.165, 1.54) is 33.4 Å². The maximum absolute atomic E-state index is 5.06. The van der Waals surface area contributed by atoms with Gasteiger partial charge in [0.05, 0.1) is 28.3 Å². The summed E-state index contributed by atoms with van der Waals surface area (Å²) in [6.45, 7) is 16.8. The third-order valence-corrected chi connectivity index (χ3v) is 6.31. The van der Waals surface area contributed by atoms with Crippen LogP contribution in [0.1, 0.15) is 58.5 Å². The van der Waals surface area contributed by atoms with Crippen molar-refractivity contribution >= 4 is 33.7 Å². The molecular formula is C31H33N3. The fourth-order valence-corrected chi connectivity index (χ4v) is 4.79. The number of benzene rings is 3. The van der Waals surface area contributed by atoms with Crippen LogP contribution in [0.2, 0.25) is 0 Å². The zero-order valence-corrected chi connectivity index (χ0v) is 21.5. The van der Waals surface area contributed by atoms with Gasteiger partial charge < -0.3 is 0 Å². The van der Waals surface area contributed by atoms with Crippen molar-refractivity contribution in [1.29, 1.82) is 0 Å². The Balaban J connectivity index is 1.82. The van der Waals surface area contributed by atoms with Gasteiger partial charge in [0.1, 0.15) is 0 Å². The number of fused-ring (bicyclic) bond motifs is 1. The summed E-state index contributed by atoms with van der Waals surface area (Å²) in [6.07, 6.45) is 0. The van der Waals surface area contributed by atoms with E-state index in [2.05, 4.69) is 103 Å². The summed E-state index contributed by atoms with van der Waals surface area (Å²) in [5.74, 6) is 0. The maximum atomic E-state index is 5.06. The summed E-state index contributed by atoms with van der Waals surface area (Å²) in [7, 11) is 0. The Bertz CT molecular complexity index is 1430. The topological polar surface area (TPSA) is 37.6 Å². The number of aryl methyl sites for hydroxylation is 6. The second-order valence-corrected chi connectivity index (χ2v) is 9.46. The molecule has 4 rings (SSSR count). The standard InChI is InChI=1S/C31H33N3/c1-18-14-20(3)29(21(4)15-18)32-24(7)27-11-9-10-26-12-13-28(34-31(26)27)25(8)33-30-22(5)16-19(2)17-23(30)6/h9-17H,1-8H3. The molecule has 1 aromatic heterocycles. The highest BCUT2D eigenvalue weighted by Gasteiger charge is 2.11. The summed E-state index contributed by atoms with van der Waals surface area (Å²) in [4.78, 5) is 15.1. The molecule has 0 aliphatic heterocycles. The largest absolute Gasteiger partial charge is 0.253 e. The quantitative estimate of drug-likeness (QED) is 0.290. The van der Waals surface area contributed by atoms with E-state index in [0.717, 1.165) is 45.0 Å². The second-order valence-electron chi connectivity index (χ2n) is 9.46. The normalized spacial score (nSPS) is 12.5. The van der Waals surface area contributed by atoms with Crippen molar-refractivity contribution in [3.05, 3.63) is 99.2 Å². The Morgan fingerprint density at radius 1 is 0.618 bits per heavy atom. The van der Waals surface area contributed by atoms with Crippen molar-refractivity contribution < 1.29 is 0 Å². The first-order valence-electron chi connectivity index (χ1n) is 11.8. The first-order chi connectivity index (χ1) is 16.1. The van der Waals surface area contributed by atoms with Gasteiger partial charge in [-0.25, -0.2) is 4.98 Å². The smallest absolute Gasteiger partial charge is 0.0849 e. The van der Waals surface area contributed by atoms with Crippen LogP contribution in [0.4, 0.5) is 11.4 Å². The number of hydrogen-bond acceptors (Lipinski definition) is 3. The van der Waals surface area contributed by atoms with Crippen LogP contribution in [0, 0.1) is 41.5 Å². The monoisotopic (exact) mass is 447 g/mol. The molecule has 0 saturated heterocycles. The van der Waals surface area contributed by atoms with E-state index in [1.54, 1.807) is 0 Å². The predicted octanol–water partition coefficient (Wildman–Crippen LogP) is 8.37. The highest BCUT2D eigenvalue weighted by molar-refractivity contribution is 6.10. The molecule has 3 heteroatoms. The van der Waals surface area contributed by atoms with Gasteiger partial charge in [-0.15, -0.1) is 0 Å². The molecule has 34 heavy (non-hydrogen) atoms. The highest BCUT2D eigenvalue weighted by Crippen LogP contribution is 2.28. The van der Waals surface area contributed by atoms with Crippen LogP contribution in [0.25, 0.3) is 10.9 Å². The molecule has 0 amide bonds. The lowest BCUT2D eigenvalue weighted by atomic mass is 10.0. The fourth-order valence-electron chi connectivity index (χ4n) is 4.79. The average Bonchev–Trinajstić information content (AvgIpc) is 2.77. The number of nitrogens with zero attached hydrogens (tertiary/aromatic N) is 3. The maximum Gasteiger partial charge on any atom is 0.0849 e. The van der Waals surface area contributed by atoms with Crippen LogP contribution in [-0.2, 0) is 0 Å². The van der Waals surface area contributed by atoms with Crippen molar-refractivity contribution in [3.63, 3.8) is 0 Å². The van der Waals surface area contributed by atoms with Crippen molar-refractivity contribution in [3.8, 4) is 0 Å². The summed E-state index contributed by atoms with van der Waals surface area (Å²) in [6, 6.07) is 19.2. The molecule has 0 unspecified atom stereocenters. The first kappa shape index (κ1) is 23.6. The molecule has 0 aliphatic carbocycles. The zero-order chi connectivity index (χ0) is 24.6. The Kier molecular flexibility index (Phi) is 6.47. The SMILES string of the molecule is CC(=Nc1c(C)cc(C)cc1C)c1ccc2cccc(C(C)=Nc3c(C)cc(C)cc3C)c2n1. The molecule has 0 atom stereocenters. The van der Waals surface area contributed by atoms with E-state index < -0.39 is 0 Å². The van der Waals surface area contributed by atoms with Gasteiger partial charge in [-0.1, -0.05) is 59.7 Å². The number of aromatic nitrogens is 1. The average molecular weight is 448 g/mol. The van der Waals surface area contributed by atoms with Crippen LogP contribution in [-0.4, -0.2) is 16.4 Å². The summed E-state index contributed by atoms with van der Waals surface area (Å²) in [5.41, 5.74) is 14.1. The lowest BCUT2D eigenvalue weighted by Gasteiger charge is -2.12. The van der Waals surface area contributed by atoms with Gasteiger partial charge in [0, 0.05) is 16.7 Å². The van der Waals surface area contributed by atoms with Crippen molar-refractivity contribution in [2.45, 2.75) is 55.4 Å². The predicted molar refractivity (Wildman–Crippen MR) is 147 cm³/mol. The molecule has 0 N–H and O–H groups in total. The molecular weight excluding hydrogens is 414 g/mol. The fraction of sp³-hybridized carbons (Fsp3) is 0.258. The number of rotatable bonds is 4. The first-order valence-corrected chi connectivity index (χ1v) is 11.8. The van der Waals surface area contributed by atoms with E-state index in [4.69, 9.17) is 15.0 Å². The van der Waals surface area contributed by atoms with Gasteiger partial charge in [0.15, 0.2) is 0 Å². The minimum atomic E-state index is 0.884. The summed E-state index contributed by atoms with van der Waals surface area (Å²) >= 11 is 0. The second kappa shape index (κ2) is 9.34. The third-order valence-electron chi connectivity index (χ3n) is 6.31. The Hall–Kier alpha value is -3.59. The molecule has 3 nitrogen and oxygen atoms in total. The minimum Gasteiger partial charge on any atom is -0.253 e. The Labute approximate surface area is 203 Å². The van der Waals surface area contributed by atoms with Crippen LogP contribution in [0.3, 0.4) is 0 Å². The van der Waals surface area contributed by atoms with Crippen LogP contribution in [0.5, 0.6) is 0 Å². The van der Waals surface area contributed by atoms with Gasteiger partial charge in [0.25, 0.3) is 0 Å². The minimum absolute atomic E-state index is 0.884. The van der Waals surface area contributed by atoms with Gasteiger partial charge in [-0.2, -0.15) is 0 Å². The third kappa shape index (κ3) is 4.70. The van der Waals surface area contributed by atoms with Gasteiger partial charge in [-0.3, -0.25) is 9.98 Å². The van der Waals surface area contributed by atoms with Gasteiger partial charge in [0.2, 0.25) is 0 Å². The summed E-state index contributed by atoms with van der Waals surface area (Å²) in [5, 5.41) is 1.10. The van der Waals surface area contributed by atoms with Gasteiger partial charge >= 0.3 is 0 Å². The van der Waals surface area contributed by atoms with E-state index in [0.29, 0.717) is 0 Å². The van der Waals surface area contributed by atoms with E-state index in [9.17, 15) is 0 Å². The van der Waals surface area contributed by atoms with E-state index in [-0.39, 0.29) is 0 Å². The van der Waals surface area contributed by atoms with Crippen molar-refractivity contribution in [2.75, 3.05) is 0 Å².